The Morgan fingerprint density at radius 2 is 2.50 bits per heavy atom. The summed E-state index contributed by atoms with van der Waals surface area (Å²) in [4.78, 5) is 11.9. The van der Waals surface area contributed by atoms with Crippen LogP contribution in [0.1, 0.15) is 19.3 Å². The van der Waals surface area contributed by atoms with Gasteiger partial charge in [-0.1, -0.05) is 0 Å². The summed E-state index contributed by atoms with van der Waals surface area (Å²) in [6.07, 6.45) is 4.41. The van der Waals surface area contributed by atoms with E-state index in [1.165, 1.54) is 0 Å². The van der Waals surface area contributed by atoms with Crippen LogP contribution in [0, 0.1) is 5.92 Å². The average molecular weight is 252 g/mol. The van der Waals surface area contributed by atoms with Gasteiger partial charge < -0.3 is 15.8 Å². The molecule has 0 bridgehead atoms. The van der Waals surface area contributed by atoms with E-state index in [2.05, 4.69) is 10.4 Å². The van der Waals surface area contributed by atoms with Crippen LogP contribution in [0.15, 0.2) is 12.3 Å². The molecule has 1 aliphatic carbocycles. The molecule has 1 fully saturated rings. The van der Waals surface area contributed by atoms with E-state index >= 15 is 0 Å². The maximum absolute atomic E-state index is 11.9. The Labute approximate surface area is 106 Å². The number of carbonyl (C=O) groups excluding carboxylic acids is 1. The SMILES string of the molecule is COCCn1ccc(NC(=O)C2CCC(N)C2)n1. The third-order valence-electron chi connectivity index (χ3n) is 3.26. The van der Waals surface area contributed by atoms with E-state index in [1.54, 1.807) is 17.9 Å². The van der Waals surface area contributed by atoms with Gasteiger partial charge >= 0.3 is 0 Å². The first-order chi connectivity index (χ1) is 8.69. The van der Waals surface area contributed by atoms with Crippen molar-refractivity contribution in [2.75, 3.05) is 19.0 Å². The first-order valence-corrected chi connectivity index (χ1v) is 6.28. The van der Waals surface area contributed by atoms with Crippen molar-refractivity contribution in [2.24, 2.45) is 11.7 Å². The molecule has 3 N–H and O–H groups in total. The summed E-state index contributed by atoms with van der Waals surface area (Å²) in [6, 6.07) is 1.96. The lowest BCUT2D eigenvalue weighted by Crippen LogP contribution is -2.23. The Morgan fingerprint density at radius 3 is 3.17 bits per heavy atom. The quantitative estimate of drug-likeness (QED) is 0.803. The van der Waals surface area contributed by atoms with Crippen LogP contribution in [-0.4, -0.2) is 35.4 Å². The molecule has 1 aliphatic rings. The number of hydrogen-bond acceptors (Lipinski definition) is 4. The molecule has 0 aliphatic heterocycles. The van der Waals surface area contributed by atoms with Crippen molar-refractivity contribution in [1.29, 1.82) is 0 Å². The van der Waals surface area contributed by atoms with Crippen LogP contribution in [0.5, 0.6) is 0 Å². The standard InChI is InChI=1S/C12H20N4O2/c1-18-7-6-16-5-4-11(15-16)14-12(17)9-2-3-10(13)8-9/h4-5,9-10H,2-3,6-8,13H2,1H3,(H,14,15,17). The highest BCUT2D eigenvalue weighted by Gasteiger charge is 2.27. The maximum atomic E-state index is 11.9. The molecule has 0 aromatic carbocycles. The molecule has 1 amide bonds. The minimum atomic E-state index is 0.0277. The summed E-state index contributed by atoms with van der Waals surface area (Å²) >= 11 is 0. The Balaban J connectivity index is 1.85. The van der Waals surface area contributed by atoms with Gasteiger partial charge in [0.25, 0.3) is 0 Å². The second-order valence-electron chi connectivity index (χ2n) is 4.72. The van der Waals surface area contributed by atoms with Crippen molar-refractivity contribution in [1.82, 2.24) is 9.78 Å². The first-order valence-electron chi connectivity index (χ1n) is 6.28. The highest BCUT2D eigenvalue weighted by atomic mass is 16.5. The molecule has 0 spiro atoms. The van der Waals surface area contributed by atoms with E-state index in [4.69, 9.17) is 10.5 Å². The molecule has 1 saturated carbocycles. The van der Waals surface area contributed by atoms with Gasteiger partial charge in [0.2, 0.25) is 5.91 Å². The minimum absolute atomic E-state index is 0.0277. The topological polar surface area (TPSA) is 82.2 Å². The number of nitrogens with two attached hydrogens (primary N) is 1. The minimum Gasteiger partial charge on any atom is -0.383 e. The number of amides is 1. The van der Waals surface area contributed by atoms with E-state index in [1.807, 2.05) is 6.20 Å². The third-order valence-corrected chi connectivity index (χ3v) is 3.26. The summed E-state index contributed by atoms with van der Waals surface area (Å²) in [5.74, 6) is 0.653. The average Bonchev–Trinajstić information content (AvgIpc) is 2.96. The van der Waals surface area contributed by atoms with Crippen LogP contribution in [0.2, 0.25) is 0 Å². The van der Waals surface area contributed by atoms with E-state index in [9.17, 15) is 4.79 Å². The molecule has 2 unspecified atom stereocenters. The van der Waals surface area contributed by atoms with Crippen molar-refractivity contribution in [3.8, 4) is 0 Å². The number of rotatable bonds is 5. The number of ether oxygens (including phenoxy) is 1. The Kier molecular flexibility index (Phi) is 4.33. The summed E-state index contributed by atoms with van der Waals surface area (Å²) < 4.78 is 6.72. The van der Waals surface area contributed by atoms with Gasteiger partial charge in [0.15, 0.2) is 5.82 Å². The number of hydrogen-bond donors (Lipinski definition) is 2. The molecule has 1 aromatic rings. The fourth-order valence-electron chi connectivity index (χ4n) is 2.22. The second-order valence-corrected chi connectivity index (χ2v) is 4.72. The normalized spacial score (nSPS) is 23.2. The number of nitrogens with one attached hydrogen (secondary N) is 1. The molecule has 0 saturated heterocycles. The summed E-state index contributed by atoms with van der Waals surface area (Å²) in [6.45, 7) is 1.28. The lowest BCUT2D eigenvalue weighted by atomic mass is 10.1. The molecular weight excluding hydrogens is 232 g/mol. The van der Waals surface area contributed by atoms with Crippen LogP contribution in [0.25, 0.3) is 0 Å². The van der Waals surface area contributed by atoms with Gasteiger partial charge in [0.1, 0.15) is 0 Å². The van der Waals surface area contributed by atoms with Crippen LogP contribution >= 0.6 is 0 Å². The molecule has 6 nitrogen and oxygen atoms in total. The van der Waals surface area contributed by atoms with Gasteiger partial charge in [0, 0.05) is 31.3 Å². The monoisotopic (exact) mass is 252 g/mol. The zero-order valence-corrected chi connectivity index (χ0v) is 10.6. The lowest BCUT2D eigenvalue weighted by molar-refractivity contribution is -0.119. The largest absolute Gasteiger partial charge is 0.383 e. The Hall–Kier alpha value is -1.40. The Bertz CT molecular complexity index is 405. The molecule has 2 rings (SSSR count). The number of anilines is 1. The first kappa shape index (κ1) is 13.0. The number of methoxy groups -OCH3 is 1. The number of aromatic nitrogens is 2. The third kappa shape index (κ3) is 3.30. The van der Waals surface area contributed by atoms with Crippen molar-refractivity contribution in [3.05, 3.63) is 12.3 Å². The predicted octanol–water partition coefficient (Wildman–Crippen LogP) is 0.595. The summed E-state index contributed by atoms with van der Waals surface area (Å²) in [5.41, 5.74) is 5.80. The molecule has 100 valence electrons. The predicted molar refractivity (Wildman–Crippen MR) is 68.0 cm³/mol. The molecule has 1 heterocycles. The highest BCUT2D eigenvalue weighted by molar-refractivity contribution is 5.91. The molecule has 18 heavy (non-hydrogen) atoms. The lowest BCUT2D eigenvalue weighted by Gasteiger charge is -2.08. The van der Waals surface area contributed by atoms with E-state index in [-0.39, 0.29) is 17.9 Å². The molecular formula is C12H20N4O2. The fraction of sp³-hybridized carbons (Fsp3) is 0.667. The zero-order valence-electron chi connectivity index (χ0n) is 10.6. The van der Waals surface area contributed by atoms with Gasteiger partial charge in [-0.05, 0) is 19.3 Å². The van der Waals surface area contributed by atoms with Gasteiger partial charge in [-0.25, -0.2) is 0 Å². The molecule has 2 atom stereocenters. The smallest absolute Gasteiger partial charge is 0.228 e. The van der Waals surface area contributed by atoms with Gasteiger partial charge in [-0.15, -0.1) is 0 Å². The van der Waals surface area contributed by atoms with Crippen molar-refractivity contribution in [2.45, 2.75) is 31.8 Å². The van der Waals surface area contributed by atoms with E-state index in [0.717, 1.165) is 19.3 Å². The van der Waals surface area contributed by atoms with Crippen molar-refractivity contribution >= 4 is 11.7 Å². The summed E-state index contributed by atoms with van der Waals surface area (Å²) in [7, 11) is 1.65. The Morgan fingerprint density at radius 1 is 1.67 bits per heavy atom. The van der Waals surface area contributed by atoms with Crippen LogP contribution < -0.4 is 11.1 Å². The second kappa shape index (κ2) is 5.97. The fourth-order valence-corrected chi connectivity index (χ4v) is 2.22. The molecule has 6 heteroatoms. The van der Waals surface area contributed by atoms with Crippen LogP contribution in [0.3, 0.4) is 0 Å². The van der Waals surface area contributed by atoms with Gasteiger partial charge in [-0.2, -0.15) is 5.10 Å². The maximum Gasteiger partial charge on any atom is 0.228 e. The van der Waals surface area contributed by atoms with Crippen LogP contribution in [0.4, 0.5) is 5.82 Å². The zero-order chi connectivity index (χ0) is 13.0. The van der Waals surface area contributed by atoms with Crippen LogP contribution in [-0.2, 0) is 16.1 Å². The van der Waals surface area contributed by atoms with Crippen molar-refractivity contribution in [3.63, 3.8) is 0 Å². The van der Waals surface area contributed by atoms with Gasteiger partial charge in [0.05, 0.1) is 13.2 Å². The summed E-state index contributed by atoms with van der Waals surface area (Å²) in [5, 5.41) is 7.09. The van der Waals surface area contributed by atoms with E-state index in [0.29, 0.717) is 19.0 Å². The van der Waals surface area contributed by atoms with Gasteiger partial charge in [-0.3, -0.25) is 9.48 Å². The molecule has 0 radical (unpaired) electrons. The highest BCUT2D eigenvalue weighted by Crippen LogP contribution is 2.25. The van der Waals surface area contributed by atoms with Crippen molar-refractivity contribution < 1.29 is 9.53 Å². The van der Waals surface area contributed by atoms with E-state index < -0.39 is 0 Å². The molecule has 1 aromatic heterocycles. The number of carbonyl (C=O) groups is 1. The number of nitrogens with zero attached hydrogens (tertiary/aromatic N) is 2.